The predicted molar refractivity (Wildman–Crippen MR) is 71.7 cm³/mol. The minimum absolute atomic E-state index is 0.295. The van der Waals surface area contributed by atoms with Crippen LogP contribution in [0.5, 0.6) is 0 Å². The van der Waals surface area contributed by atoms with Gasteiger partial charge in [-0.1, -0.05) is 6.07 Å². The normalized spacial score (nSPS) is 11.9. The number of anilines is 1. The molecule has 20 heavy (non-hydrogen) atoms. The third-order valence-corrected chi connectivity index (χ3v) is 2.73. The number of alkyl halides is 3. The summed E-state index contributed by atoms with van der Waals surface area (Å²) in [6.45, 7) is 6.67. The molecule has 0 aliphatic heterocycles. The maximum atomic E-state index is 12.7. The molecule has 1 N–H and O–H groups in total. The Morgan fingerprint density at radius 2 is 1.75 bits per heavy atom. The number of benzene rings is 1. The molecule has 0 fully saturated rings. The monoisotopic (exact) mass is 291 g/mol. The third kappa shape index (κ3) is 5.02. The van der Waals surface area contributed by atoms with Crippen LogP contribution in [0.25, 0.3) is 0 Å². The predicted octanol–water partition coefficient (Wildman–Crippen LogP) is 3.82. The van der Waals surface area contributed by atoms with Crippen molar-refractivity contribution in [3.05, 3.63) is 29.3 Å². The van der Waals surface area contributed by atoms with E-state index in [0.717, 1.165) is 17.7 Å². The van der Waals surface area contributed by atoms with Crippen LogP contribution in [0.4, 0.5) is 18.9 Å². The van der Waals surface area contributed by atoms with Crippen molar-refractivity contribution in [3.8, 4) is 0 Å². The number of halogens is 3. The van der Waals surface area contributed by atoms with Gasteiger partial charge in [-0.05, 0) is 38.5 Å². The Hall–Kier alpha value is -1.27. The maximum Gasteiger partial charge on any atom is 0.416 e. The van der Waals surface area contributed by atoms with Crippen LogP contribution >= 0.6 is 0 Å². The van der Waals surface area contributed by atoms with E-state index >= 15 is 0 Å². The number of rotatable bonds is 7. The third-order valence-electron chi connectivity index (χ3n) is 2.73. The Morgan fingerprint density at radius 1 is 1.15 bits per heavy atom. The summed E-state index contributed by atoms with van der Waals surface area (Å²) >= 11 is 0. The molecule has 0 unspecified atom stereocenters. The highest BCUT2D eigenvalue weighted by Crippen LogP contribution is 2.32. The summed E-state index contributed by atoms with van der Waals surface area (Å²) in [7, 11) is 0. The molecule has 0 saturated heterocycles. The minimum atomic E-state index is -4.34. The molecular weight excluding hydrogens is 271 g/mol. The van der Waals surface area contributed by atoms with E-state index in [4.69, 9.17) is 9.47 Å². The molecule has 0 aliphatic rings. The van der Waals surface area contributed by atoms with E-state index in [1.165, 1.54) is 6.07 Å². The molecule has 0 radical (unpaired) electrons. The summed E-state index contributed by atoms with van der Waals surface area (Å²) in [6, 6.07) is 3.62. The first-order valence-electron chi connectivity index (χ1n) is 6.53. The molecule has 6 heteroatoms. The van der Waals surface area contributed by atoms with Crippen LogP contribution in [0.15, 0.2) is 18.2 Å². The van der Waals surface area contributed by atoms with Gasteiger partial charge < -0.3 is 14.8 Å². The lowest BCUT2D eigenvalue weighted by Gasteiger charge is -2.19. The number of hydrogen-bond donors (Lipinski definition) is 1. The zero-order valence-electron chi connectivity index (χ0n) is 11.9. The fourth-order valence-corrected chi connectivity index (χ4v) is 1.72. The fourth-order valence-electron chi connectivity index (χ4n) is 1.72. The average Bonchev–Trinajstić information content (AvgIpc) is 2.36. The summed E-state index contributed by atoms with van der Waals surface area (Å²) in [5.41, 5.74) is 0.504. The molecule has 3 nitrogen and oxygen atoms in total. The van der Waals surface area contributed by atoms with Crippen LogP contribution in [0, 0.1) is 6.92 Å². The number of nitrogens with one attached hydrogen (secondary N) is 1. The SMILES string of the molecule is CCOC(CNc1cc(C(F)(F)F)ccc1C)OCC. The number of hydrogen-bond acceptors (Lipinski definition) is 3. The molecule has 114 valence electrons. The largest absolute Gasteiger partial charge is 0.416 e. The molecule has 0 amide bonds. The van der Waals surface area contributed by atoms with E-state index in [-0.39, 0.29) is 0 Å². The van der Waals surface area contributed by atoms with Gasteiger partial charge in [-0.25, -0.2) is 0 Å². The molecule has 0 bridgehead atoms. The molecule has 0 atom stereocenters. The number of aryl methyl sites for hydroxylation is 1. The maximum absolute atomic E-state index is 12.7. The molecule has 0 aromatic heterocycles. The van der Waals surface area contributed by atoms with E-state index in [1.807, 2.05) is 13.8 Å². The summed E-state index contributed by atoms with van der Waals surface area (Å²) in [5, 5.41) is 2.95. The standard InChI is InChI=1S/C14H20F3NO2/c1-4-19-13(20-5-2)9-18-12-8-11(14(15,16)17)7-6-10(12)3/h6-8,13,18H,4-5,9H2,1-3H3. The zero-order valence-corrected chi connectivity index (χ0v) is 11.9. The van der Waals surface area contributed by atoms with Crippen molar-refractivity contribution in [3.63, 3.8) is 0 Å². The van der Waals surface area contributed by atoms with Crippen LogP contribution in [0.3, 0.4) is 0 Å². The minimum Gasteiger partial charge on any atom is -0.380 e. The van der Waals surface area contributed by atoms with Gasteiger partial charge in [-0.2, -0.15) is 13.2 Å². The van der Waals surface area contributed by atoms with Crippen molar-refractivity contribution in [2.24, 2.45) is 0 Å². The highest BCUT2D eigenvalue weighted by Gasteiger charge is 2.30. The van der Waals surface area contributed by atoms with Gasteiger partial charge in [-0.3, -0.25) is 0 Å². The second kappa shape index (κ2) is 7.50. The van der Waals surface area contributed by atoms with Gasteiger partial charge in [-0.15, -0.1) is 0 Å². The van der Waals surface area contributed by atoms with Crippen molar-refractivity contribution in [2.75, 3.05) is 25.1 Å². The van der Waals surface area contributed by atoms with Crippen LogP contribution < -0.4 is 5.32 Å². The van der Waals surface area contributed by atoms with Gasteiger partial charge in [0.25, 0.3) is 0 Å². The molecule has 0 heterocycles. The molecule has 1 aromatic rings. The highest BCUT2D eigenvalue weighted by molar-refractivity contribution is 5.53. The van der Waals surface area contributed by atoms with Crippen molar-refractivity contribution in [2.45, 2.75) is 33.2 Å². The topological polar surface area (TPSA) is 30.5 Å². The van der Waals surface area contributed by atoms with E-state index in [1.54, 1.807) is 6.92 Å². The smallest absolute Gasteiger partial charge is 0.380 e. The average molecular weight is 291 g/mol. The summed E-state index contributed by atoms with van der Waals surface area (Å²) in [4.78, 5) is 0. The zero-order chi connectivity index (χ0) is 15.2. The van der Waals surface area contributed by atoms with Gasteiger partial charge in [0.1, 0.15) is 0 Å². The van der Waals surface area contributed by atoms with Gasteiger partial charge in [0.05, 0.1) is 12.1 Å². The molecule has 1 aromatic carbocycles. The number of ether oxygens (including phenoxy) is 2. The van der Waals surface area contributed by atoms with Crippen molar-refractivity contribution in [1.29, 1.82) is 0 Å². The van der Waals surface area contributed by atoms with Crippen molar-refractivity contribution in [1.82, 2.24) is 0 Å². The first-order chi connectivity index (χ1) is 9.38. The lowest BCUT2D eigenvalue weighted by Crippen LogP contribution is -2.26. The Labute approximate surface area is 117 Å². The van der Waals surface area contributed by atoms with Gasteiger partial charge in [0, 0.05) is 18.9 Å². The molecular formula is C14H20F3NO2. The van der Waals surface area contributed by atoms with Gasteiger partial charge >= 0.3 is 6.18 Å². The van der Waals surface area contributed by atoms with Crippen LogP contribution in [0.1, 0.15) is 25.0 Å². The summed E-state index contributed by atoms with van der Waals surface area (Å²) in [6.07, 6.45) is -4.82. The Bertz CT molecular complexity index is 415. The first-order valence-corrected chi connectivity index (χ1v) is 6.53. The van der Waals surface area contributed by atoms with Crippen LogP contribution in [-0.4, -0.2) is 26.0 Å². The first kappa shape index (κ1) is 16.8. The Kier molecular flexibility index (Phi) is 6.29. The van der Waals surface area contributed by atoms with Crippen molar-refractivity contribution < 1.29 is 22.6 Å². The van der Waals surface area contributed by atoms with Gasteiger partial charge in [0.15, 0.2) is 6.29 Å². The molecule has 0 aliphatic carbocycles. The van der Waals surface area contributed by atoms with Gasteiger partial charge in [0.2, 0.25) is 0 Å². The van der Waals surface area contributed by atoms with E-state index in [2.05, 4.69) is 5.32 Å². The highest BCUT2D eigenvalue weighted by atomic mass is 19.4. The fraction of sp³-hybridized carbons (Fsp3) is 0.571. The van der Waals surface area contributed by atoms with E-state index in [0.29, 0.717) is 25.4 Å². The molecule has 1 rings (SSSR count). The van der Waals surface area contributed by atoms with E-state index < -0.39 is 18.0 Å². The molecule has 0 saturated carbocycles. The van der Waals surface area contributed by atoms with E-state index in [9.17, 15) is 13.2 Å². The summed E-state index contributed by atoms with van der Waals surface area (Å²) < 4.78 is 48.7. The Morgan fingerprint density at radius 3 is 2.25 bits per heavy atom. The van der Waals surface area contributed by atoms with Crippen LogP contribution in [0.2, 0.25) is 0 Å². The molecule has 0 spiro atoms. The second-order valence-corrected chi connectivity index (χ2v) is 4.25. The second-order valence-electron chi connectivity index (χ2n) is 4.25. The quantitative estimate of drug-likeness (QED) is 0.775. The van der Waals surface area contributed by atoms with Crippen molar-refractivity contribution >= 4 is 5.69 Å². The lowest BCUT2D eigenvalue weighted by molar-refractivity contribution is -0.137. The lowest BCUT2D eigenvalue weighted by atomic mass is 10.1. The Balaban J connectivity index is 2.75. The van der Waals surface area contributed by atoms with Crippen LogP contribution in [-0.2, 0) is 15.7 Å². The summed E-state index contributed by atoms with van der Waals surface area (Å²) in [5.74, 6) is 0.